The van der Waals surface area contributed by atoms with Gasteiger partial charge in [-0.25, -0.2) is 0 Å². The molecule has 0 aromatic heterocycles. The maximum Gasteiger partial charge on any atom is 0.246 e. The molecule has 0 bridgehead atoms. The monoisotopic (exact) mass is 268 g/mol. The van der Waals surface area contributed by atoms with Crippen molar-refractivity contribution < 1.29 is 14.3 Å². The van der Waals surface area contributed by atoms with Gasteiger partial charge in [0.2, 0.25) is 11.8 Å². The Bertz CT molecular complexity index is 359. The molecule has 4 atom stereocenters. The molecule has 1 saturated heterocycles. The molecule has 0 spiro atoms. The van der Waals surface area contributed by atoms with E-state index >= 15 is 0 Å². The topological polar surface area (TPSA) is 58.6 Å². The summed E-state index contributed by atoms with van der Waals surface area (Å²) in [6.07, 6.45) is 4.33. The van der Waals surface area contributed by atoms with Gasteiger partial charge in [-0.05, 0) is 32.1 Å². The van der Waals surface area contributed by atoms with Crippen LogP contribution in [0.4, 0.5) is 0 Å². The Labute approximate surface area is 114 Å². The number of nitrogens with one attached hydrogen (secondary N) is 1. The van der Waals surface area contributed by atoms with Crippen LogP contribution in [0.25, 0.3) is 0 Å². The van der Waals surface area contributed by atoms with Crippen LogP contribution in [0, 0.1) is 0 Å². The summed E-state index contributed by atoms with van der Waals surface area (Å²) >= 11 is 0. The second-order valence-electron chi connectivity index (χ2n) is 5.41. The Morgan fingerprint density at radius 2 is 2.00 bits per heavy atom. The van der Waals surface area contributed by atoms with Gasteiger partial charge in [-0.2, -0.15) is 0 Å². The molecule has 0 aromatic rings. The van der Waals surface area contributed by atoms with E-state index in [1.165, 1.54) is 0 Å². The average molecular weight is 268 g/mol. The lowest BCUT2D eigenvalue weighted by Crippen LogP contribution is -2.66. The first-order chi connectivity index (χ1) is 9.13. The van der Waals surface area contributed by atoms with Crippen LogP contribution in [0.1, 0.15) is 46.0 Å². The van der Waals surface area contributed by atoms with Crippen LogP contribution >= 0.6 is 0 Å². The van der Waals surface area contributed by atoms with E-state index in [0.29, 0.717) is 12.8 Å². The van der Waals surface area contributed by atoms with Crippen LogP contribution in [-0.4, -0.2) is 48.1 Å². The smallest absolute Gasteiger partial charge is 0.246 e. The van der Waals surface area contributed by atoms with Crippen LogP contribution in [0.15, 0.2) is 0 Å². The van der Waals surface area contributed by atoms with Crippen molar-refractivity contribution in [3.63, 3.8) is 0 Å². The normalized spacial score (nSPS) is 35.6. The zero-order chi connectivity index (χ0) is 14.0. The van der Waals surface area contributed by atoms with E-state index < -0.39 is 0 Å². The molecule has 1 aliphatic heterocycles. The highest BCUT2D eigenvalue weighted by Crippen LogP contribution is 2.30. The SMILES string of the molecule is CCC1NC(=O)C(CC)N(C2CCCC2OC)C1=O. The number of rotatable bonds is 4. The molecule has 0 radical (unpaired) electrons. The highest BCUT2D eigenvalue weighted by Gasteiger charge is 2.45. The van der Waals surface area contributed by atoms with E-state index in [0.717, 1.165) is 19.3 Å². The van der Waals surface area contributed by atoms with Gasteiger partial charge in [-0.1, -0.05) is 13.8 Å². The van der Waals surface area contributed by atoms with Crippen LogP contribution in [-0.2, 0) is 14.3 Å². The maximum atomic E-state index is 12.6. The van der Waals surface area contributed by atoms with Crippen LogP contribution in [0.5, 0.6) is 0 Å². The van der Waals surface area contributed by atoms with E-state index in [9.17, 15) is 9.59 Å². The Balaban J connectivity index is 2.26. The largest absolute Gasteiger partial charge is 0.379 e. The Kier molecular flexibility index (Phi) is 4.45. The molecule has 4 unspecified atom stereocenters. The van der Waals surface area contributed by atoms with Crippen molar-refractivity contribution in [2.24, 2.45) is 0 Å². The van der Waals surface area contributed by atoms with Gasteiger partial charge in [0.25, 0.3) is 0 Å². The van der Waals surface area contributed by atoms with E-state index in [1.807, 2.05) is 18.7 Å². The number of hydrogen-bond donors (Lipinski definition) is 1. The van der Waals surface area contributed by atoms with Gasteiger partial charge in [0, 0.05) is 7.11 Å². The Morgan fingerprint density at radius 3 is 2.58 bits per heavy atom. The second-order valence-corrected chi connectivity index (χ2v) is 5.41. The lowest BCUT2D eigenvalue weighted by molar-refractivity contribution is -0.155. The number of carbonyl (C=O) groups excluding carboxylic acids is 2. The summed E-state index contributed by atoms with van der Waals surface area (Å²) in [5.74, 6) is 0.0404. The molecule has 2 amide bonds. The van der Waals surface area contributed by atoms with Crippen molar-refractivity contribution in [1.82, 2.24) is 10.2 Å². The summed E-state index contributed by atoms with van der Waals surface area (Å²) in [6, 6.07) is -0.646. The van der Waals surface area contributed by atoms with Crippen molar-refractivity contribution in [2.75, 3.05) is 7.11 Å². The molecule has 1 N–H and O–H groups in total. The standard InChI is InChI=1S/C14H24N2O3/c1-4-9-14(18)16(10(5-2)13(17)15-9)11-7-6-8-12(11)19-3/h9-12H,4-8H2,1-3H3,(H,15,17). The van der Waals surface area contributed by atoms with Gasteiger partial charge >= 0.3 is 0 Å². The van der Waals surface area contributed by atoms with Crippen molar-refractivity contribution in [1.29, 1.82) is 0 Å². The lowest BCUT2D eigenvalue weighted by atomic mass is 9.99. The predicted molar refractivity (Wildman–Crippen MR) is 71.6 cm³/mol. The maximum absolute atomic E-state index is 12.6. The van der Waals surface area contributed by atoms with Gasteiger partial charge in [0.1, 0.15) is 12.1 Å². The number of hydrogen-bond acceptors (Lipinski definition) is 3. The predicted octanol–water partition coefficient (Wildman–Crippen LogP) is 1.07. The minimum atomic E-state index is -0.367. The third-order valence-corrected chi connectivity index (χ3v) is 4.38. The highest BCUT2D eigenvalue weighted by molar-refractivity contribution is 5.97. The highest BCUT2D eigenvalue weighted by atomic mass is 16.5. The number of methoxy groups -OCH3 is 1. The van der Waals surface area contributed by atoms with Crippen molar-refractivity contribution >= 4 is 11.8 Å². The van der Waals surface area contributed by atoms with Gasteiger partial charge in [0.05, 0.1) is 12.1 Å². The molecule has 5 nitrogen and oxygen atoms in total. The van der Waals surface area contributed by atoms with Crippen LogP contribution in [0.3, 0.4) is 0 Å². The van der Waals surface area contributed by atoms with E-state index in [2.05, 4.69) is 5.32 Å². The Hall–Kier alpha value is -1.10. The fourth-order valence-corrected chi connectivity index (χ4v) is 3.34. The van der Waals surface area contributed by atoms with E-state index in [-0.39, 0.29) is 36.0 Å². The molecule has 0 aromatic carbocycles. The summed E-state index contributed by atoms with van der Waals surface area (Å²) in [4.78, 5) is 26.5. The first kappa shape index (κ1) is 14.3. The Morgan fingerprint density at radius 1 is 1.26 bits per heavy atom. The third-order valence-electron chi connectivity index (χ3n) is 4.38. The zero-order valence-electron chi connectivity index (χ0n) is 12.0. The number of nitrogens with zero attached hydrogens (tertiary/aromatic N) is 1. The third kappa shape index (κ3) is 2.48. The molecule has 108 valence electrons. The molecule has 1 saturated carbocycles. The second kappa shape index (κ2) is 5.90. The fraction of sp³-hybridized carbons (Fsp3) is 0.857. The van der Waals surface area contributed by atoms with Crippen molar-refractivity contribution in [2.45, 2.75) is 70.2 Å². The summed E-state index contributed by atoms with van der Waals surface area (Å²) in [5, 5.41) is 2.83. The van der Waals surface area contributed by atoms with Crippen molar-refractivity contribution in [3.05, 3.63) is 0 Å². The first-order valence-electron chi connectivity index (χ1n) is 7.29. The number of piperazine rings is 1. The number of amides is 2. The quantitative estimate of drug-likeness (QED) is 0.829. The van der Waals surface area contributed by atoms with E-state index in [4.69, 9.17) is 4.74 Å². The summed E-state index contributed by atoms with van der Waals surface area (Å²) in [7, 11) is 1.69. The van der Waals surface area contributed by atoms with Crippen LogP contribution < -0.4 is 5.32 Å². The van der Waals surface area contributed by atoms with Gasteiger partial charge in [0.15, 0.2) is 0 Å². The molecular formula is C14H24N2O3. The molecule has 5 heteroatoms. The molecule has 2 fully saturated rings. The van der Waals surface area contributed by atoms with Gasteiger partial charge in [-0.15, -0.1) is 0 Å². The lowest BCUT2D eigenvalue weighted by Gasteiger charge is -2.43. The molecule has 1 aliphatic carbocycles. The van der Waals surface area contributed by atoms with Crippen molar-refractivity contribution in [3.8, 4) is 0 Å². The molecular weight excluding hydrogens is 244 g/mol. The first-order valence-corrected chi connectivity index (χ1v) is 7.29. The fourth-order valence-electron chi connectivity index (χ4n) is 3.34. The average Bonchev–Trinajstić information content (AvgIpc) is 2.88. The van der Waals surface area contributed by atoms with Gasteiger partial charge in [-0.3, -0.25) is 9.59 Å². The number of carbonyl (C=O) groups is 2. The minimum Gasteiger partial charge on any atom is -0.379 e. The summed E-state index contributed by atoms with van der Waals surface area (Å²) in [5.41, 5.74) is 0. The summed E-state index contributed by atoms with van der Waals surface area (Å²) < 4.78 is 5.50. The molecule has 1 heterocycles. The zero-order valence-corrected chi connectivity index (χ0v) is 12.0. The number of ether oxygens (including phenoxy) is 1. The van der Waals surface area contributed by atoms with Gasteiger partial charge < -0.3 is 15.0 Å². The molecule has 2 rings (SSSR count). The minimum absolute atomic E-state index is 0.0179. The van der Waals surface area contributed by atoms with Crippen LogP contribution in [0.2, 0.25) is 0 Å². The molecule has 2 aliphatic rings. The summed E-state index contributed by atoms with van der Waals surface area (Å²) in [6.45, 7) is 3.88. The molecule has 19 heavy (non-hydrogen) atoms. The van der Waals surface area contributed by atoms with E-state index in [1.54, 1.807) is 7.11 Å².